The Morgan fingerprint density at radius 3 is 2.48 bits per heavy atom. The highest BCUT2D eigenvalue weighted by atomic mass is 19.4. The second-order valence-corrected chi connectivity index (χ2v) is 5.91. The number of para-hydroxylation sites is 1. The van der Waals surface area contributed by atoms with Crippen molar-refractivity contribution in [3.63, 3.8) is 0 Å². The molecular formula is C15H14F3NO4. The quantitative estimate of drug-likeness (QED) is 0.870. The average Bonchev–Trinajstić information content (AvgIpc) is 3.32. The molecule has 2 fully saturated rings. The number of halogens is 3. The molecule has 5 nitrogen and oxygen atoms in total. The van der Waals surface area contributed by atoms with Crippen molar-refractivity contribution in [2.24, 2.45) is 5.92 Å². The SMILES string of the molecule is O=C(NC1(C(=O)O)CC1)[C@H]1C[C@@H]1c1ccccc1OC(F)(F)F. The molecule has 2 atom stereocenters. The van der Waals surface area contributed by atoms with Crippen molar-refractivity contribution < 1.29 is 32.6 Å². The molecule has 2 aliphatic carbocycles. The predicted molar refractivity (Wildman–Crippen MR) is 71.7 cm³/mol. The Labute approximate surface area is 129 Å². The van der Waals surface area contributed by atoms with E-state index in [9.17, 15) is 22.8 Å². The number of hydrogen-bond acceptors (Lipinski definition) is 3. The number of carbonyl (C=O) groups is 2. The van der Waals surface area contributed by atoms with Crippen LogP contribution in [-0.2, 0) is 9.59 Å². The predicted octanol–water partition coefficient (Wildman–Crippen LogP) is 2.42. The van der Waals surface area contributed by atoms with Gasteiger partial charge in [0.05, 0.1) is 0 Å². The maximum absolute atomic E-state index is 12.4. The van der Waals surface area contributed by atoms with Crippen molar-refractivity contribution in [3.8, 4) is 5.75 Å². The minimum atomic E-state index is -4.80. The third-order valence-corrected chi connectivity index (χ3v) is 4.19. The lowest BCUT2D eigenvalue weighted by Gasteiger charge is -2.14. The van der Waals surface area contributed by atoms with Gasteiger partial charge in [-0.3, -0.25) is 4.79 Å². The van der Waals surface area contributed by atoms with Gasteiger partial charge in [0, 0.05) is 5.92 Å². The average molecular weight is 329 g/mol. The molecule has 0 spiro atoms. The Kier molecular flexibility index (Phi) is 3.50. The fourth-order valence-corrected chi connectivity index (χ4v) is 2.68. The van der Waals surface area contributed by atoms with E-state index in [-0.39, 0.29) is 5.75 Å². The smallest absolute Gasteiger partial charge is 0.480 e. The van der Waals surface area contributed by atoms with E-state index < -0.39 is 35.6 Å². The lowest BCUT2D eigenvalue weighted by Crippen LogP contribution is -2.43. The minimum Gasteiger partial charge on any atom is -0.480 e. The number of carboxylic acids is 1. The Morgan fingerprint density at radius 2 is 1.91 bits per heavy atom. The zero-order valence-electron chi connectivity index (χ0n) is 11.9. The van der Waals surface area contributed by atoms with Crippen LogP contribution in [0.3, 0.4) is 0 Å². The van der Waals surface area contributed by atoms with Gasteiger partial charge in [-0.25, -0.2) is 4.79 Å². The van der Waals surface area contributed by atoms with E-state index in [1.165, 1.54) is 18.2 Å². The van der Waals surface area contributed by atoms with Crippen molar-refractivity contribution >= 4 is 11.9 Å². The molecule has 23 heavy (non-hydrogen) atoms. The van der Waals surface area contributed by atoms with Gasteiger partial charge in [-0.15, -0.1) is 13.2 Å². The Hall–Kier alpha value is -2.25. The standard InChI is InChI=1S/C15H14F3NO4/c16-15(17,18)23-11-4-2-1-3-8(11)9-7-10(9)12(20)19-14(5-6-14)13(21)22/h1-4,9-10H,5-7H2,(H,19,20)(H,21,22)/t9-,10+/m1/s1. The van der Waals surface area contributed by atoms with Crippen LogP contribution in [0.4, 0.5) is 13.2 Å². The number of ether oxygens (including phenoxy) is 1. The third kappa shape index (κ3) is 3.25. The van der Waals surface area contributed by atoms with Gasteiger partial charge in [0.1, 0.15) is 11.3 Å². The van der Waals surface area contributed by atoms with Crippen LogP contribution in [0.15, 0.2) is 24.3 Å². The molecule has 0 unspecified atom stereocenters. The van der Waals surface area contributed by atoms with Gasteiger partial charge in [-0.2, -0.15) is 0 Å². The number of aliphatic carboxylic acids is 1. The molecule has 3 rings (SSSR count). The highest BCUT2D eigenvalue weighted by Crippen LogP contribution is 2.51. The fourth-order valence-electron chi connectivity index (χ4n) is 2.68. The van der Waals surface area contributed by atoms with Crippen LogP contribution < -0.4 is 10.1 Å². The molecule has 2 N–H and O–H groups in total. The van der Waals surface area contributed by atoms with Crippen molar-refractivity contribution in [2.75, 3.05) is 0 Å². The van der Waals surface area contributed by atoms with Crippen LogP contribution in [0.25, 0.3) is 0 Å². The maximum atomic E-state index is 12.4. The van der Waals surface area contributed by atoms with Crippen LogP contribution in [0.1, 0.15) is 30.7 Å². The van der Waals surface area contributed by atoms with E-state index in [0.717, 1.165) is 0 Å². The largest absolute Gasteiger partial charge is 0.573 e. The van der Waals surface area contributed by atoms with Gasteiger partial charge < -0.3 is 15.2 Å². The molecule has 0 bridgehead atoms. The summed E-state index contributed by atoms with van der Waals surface area (Å²) in [7, 11) is 0. The van der Waals surface area contributed by atoms with E-state index in [2.05, 4.69) is 10.1 Å². The molecular weight excluding hydrogens is 315 g/mol. The number of nitrogens with one attached hydrogen (secondary N) is 1. The molecule has 124 valence electrons. The Morgan fingerprint density at radius 1 is 1.26 bits per heavy atom. The van der Waals surface area contributed by atoms with Crippen molar-refractivity contribution in [1.82, 2.24) is 5.32 Å². The summed E-state index contributed by atoms with van der Waals surface area (Å²) in [4.78, 5) is 23.2. The first kappa shape index (κ1) is 15.6. The summed E-state index contributed by atoms with van der Waals surface area (Å²) in [6.07, 6.45) is -3.68. The van der Waals surface area contributed by atoms with Gasteiger partial charge in [-0.1, -0.05) is 18.2 Å². The molecule has 0 aliphatic heterocycles. The monoisotopic (exact) mass is 329 g/mol. The molecule has 1 aromatic carbocycles. The summed E-state index contributed by atoms with van der Waals surface area (Å²) >= 11 is 0. The topological polar surface area (TPSA) is 75.6 Å². The van der Waals surface area contributed by atoms with Gasteiger partial charge in [0.15, 0.2) is 0 Å². The van der Waals surface area contributed by atoms with Crippen LogP contribution in [0, 0.1) is 5.92 Å². The highest BCUT2D eigenvalue weighted by Gasteiger charge is 2.55. The lowest BCUT2D eigenvalue weighted by molar-refractivity contribution is -0.274. The van der Waals surface area contributed by atoms with Gasteiger partial charge in [0.25, 0.3) is 0 Å². The molecule has 1 aromatic rings. The second-order valence-electron chi connectivity index (χ2n) is 5.91. The zero-order chi connectivity index (χ0) is 16.8. The fraction of sp³-hybridized carbons (Fsp3) is 0.467. The Bertz CT molecular complexity index is 654. The summed E-state index contributed by atoms with van der Waals surface area (Å²) in [5.74, 6) is -2.75. The Balaban J connectivity index is 1.69. The number of alkyl halides is 3. The number of rotatable bonds is 5. The molecule has 1 amide bonds. The zero-order valence-corrected chi connectivity index (χ0v) is 11.9. The van der Waals surface area contributed by atoms with Gasteiger partial charge >= 0.3 is 12.3 Å². The number of benzene rings is 1. The molecule has 0 saturated heterocycles. The van der Waals surface area contributed by atoms with Crippen molar-refractivity contribution in [3.05, 3.63) is 29.8 Å². The number of amides is 1. The van der Waals surface area contributed by atoms with Crippen LogP contribution in [-0.4, -0.2) is 28.9 Å². The normalized spacial score (nSPS) is 24.7. The van der Waals surface area contributed by atoms with Crippen molar-refractivity contribution in [2.45, 2.75) is 37.1 Å². The molecule has 8 heteroatoms. The van der Waals surface area contributed by atoms with E-state index in [4.69, 9.17) is 5.11 Å². The summed E-state index contributed by atoms with van der Waals surface area (Å²) in [5, 5.41) is 11.5. The summed E-state index contributed by atoms with van der Waals surface area (Å²) in [6.45, 7) is 0. The summed E-state index contributed by atoms with van der Waals surface area (Å²) in [5.41, 5.74) is -0.878. The number of carboxylic acid groups (broad SMARTS) is 1. The van der Waals surface area contributed by atoms with E-state index >= 15 is 0 Å². The van der Waals surface area contributed by atoms with Crippen LogP contribution >= 0.6 is 0 Å². The van der Waals surface area contributed by atoms with E-state index in [1.54, 1.807) is 6.07 Å². The molecule has 0 aromatic heterocycles. The third-order valence-electron chi connectivity index (χ3n) is 4.19. The first-order valence-electron chi connectivity index (χ1n) is 7.12. The first-order chi connectivity index (χ1) is 10.7. The minimum absolute atomic E-state index is 0.310. The molecule has 2 aliphatic rings. The molecule has 0 radical (unpaired) electrons. The van der Waals surface area contributed by atoms with Crippen LogP contribution in [0.2, 0.25) is 0 Å². The maximum Gasteiger partial charge on any atom is 0.573 e. The summed E-state index contributed by atoms with van der Waals surface area (Å²) < 4.78 is 41.2. The van der Waals surface area contributed by atoms with Gasteiger partial charge in [0.2, 0.25) is 5.91 Å². The van der Waals surface area contributed by atoms with Gasteiger partial charge in [-0.05, 0) is 36.8 Å². The molecule has 0 heterocycles. The second kappa shape index (κ2) is 5.14. The number of hydrogen-bond donors (Lipinski definition) is 2. The number of carbonyl (C=O) groups excluding carboxylic acids is 1. The van der Waals surface area contributed by atoms with E-state index in [1.807, 2.05) is 0 Å². The highest BCUT2D eigenvalue weighted by molar-refractivity contribution is 5.92. The first-order valence-corrected chi connectivity index (χ1v) is 7.12. The van der Waals surface area contributed by atoms with E-state index in [0.29, 0.717) is 24.8 Å². The molecule has 2 saturated carbocycles. The summed E-state index contributed by atoms with van der Waals surface area (Å²) in [6, 6.07) is 5.69. The van der Waals surface area contributed by atoms with Crippen molar-refractivity contribution in [1.29, 1.82) is 0 Å². The lowest BCUT2D eigenvalue weighted by atomic mass is 10.1. The van der Waals surface area contributed by atoms with Crippen LogP contribution in [0.5, 0.6) is 5.75 Å².